The minimum Gasteiger partial charge on any atom is -0.493 e. The van der Waals surface area contributed by atoms with Crippen LogP contribution in [-0.2, 0) is 4.79 Å². The summed E-state index contributed by atoms with van der Waals surface area (Å²) in [5.41, 5.74) is 1.29. The summed E-state index contributed by atoms with van der Waals surface area (Å²) in [6.45, 7) is 3.40. The first kappa shape index (κ1) is 22.9. The highest BCUT2D eigenvalue weighted by atomic mass is 35.5. The Kier molecular flexibility index (Phi) is 7.80. The van der Waals surface area contributed by atoms with Crippen LogP contribution in [0.1, 0.15) is 41.6 Å². The maximum absolute atomic E-state index is 13.2. The van der Waals surface area contributed by atoms with E-state index in [0.29, 0.717) is 41.7 Å². The summed E-state index contributed by atoms with van der Waals surface area (Å²) in [6.07, 6.45) is 1.91. The lowest BCUT2D eigenvalue weighted by atomic mass is 9.87. The molecule has 2 aromatic carbocycles. The third kappa shape index (κ3) is 4.96. The van der Waals surface area contributed by atoms with E-state index in [1.165, 1.54) is 0 Å². The summed E-state index contributed by atoms with van der Waals surface area (Å²) in [5.74, 6) is 0.330. The zero-order chi connectivity index (χ0) is 22.4. The molecule has 7 heteroatoms. The van der Waals surface area contributed by atoms with Gasteiger partial charge in [-0.25, -0.2) is 0 Å². The first-order valence-corrected chi connectivity index (χ1v) is 10.9. The molecular formula is C24H29ClN2O4. The number of likely N-dealkylation sites (tertiary alicyclic amines) is 1. The number of hydrogen-bond acceptors (Lipinski definition) is 4. The third-order valence-electron chi connectivity index (χ3n) is 5.71. The summed E-state index contributed by atoms with van der Waals surface area (Å²) in [6, 6.07) is 12.6. The van der Waals surface area contributed by atoms with Crippen LogP contribution < -0.4 is 14.8 Å². The van der Waals surface area contributed by atoms with Gasteiger partial charge in [0.25, 0.3) is 5.91 Å². The number of benzene rings is 2. The molecule has 2 amide bonds. The molecule has 0 aromatic heterocycles. The highest BCUT2D eigenvalue weighted by Crippen LogP contribution is 2.42. The van der Waals surface area contributed by atoms with Crippen LogP contribution in [0.25, 0.3) is 0 Å². The van der Waals surface area contributed by atoms with E-state index >= 15 is 0 Å². The second-order valence-corrected chi connectivity index (χ2v) is 8.04. The Morgan fingerprint density at radius 2 is 1.87 bits per heavy atom. The monoisotopic (exact) mass is 444 g/mol. The van der Waals surface area contributed by atoms with Gasteiger partial charge in [0.05, 0.1) is 30.7 Å². The lowest BCUT2D eigenvalue weighted by Crippen LogP contribution is -2.36. The van der Waals surface area contributed by atoms with Gasteiger partial charge < -0.3 is 19.7 Å². The molecule has 2 aromatic rings. The average molecular weight is 445 g/mol. The minimum atomic E-state index is -0.399. The standard InChI is InChI=1S/C24H29ClN2O4/c1-4-5-13-26-23(28)19-15-27(24(29)17-9-6-7-11-20(17)25)14-18(19)16-10-8-12-21(30-2)22(16)31-3/h6-12,18-19H,4-5,13-15H2,1-3H3,(H,26,28)/t18-,19-/m0/s1. The summed E-state index contributed by atoms with van der Waals surface area (Å²) in [7, 11) is 3.16. The minimum absolute atomic E-state index is 0.0576. The molecule has 0 radical (unpaired) electrons. The summed E-state index contributed by atoms with van der Waals surface area (Å²) < 4.78 is 11.1. The quantitative estimate of drug-likeness (QED) is 0.621. The van der Waals surface area contributed by atoms with Gasteiger partial charge in [-0.15, -0.1) is 0 Å². The molecule has 0 unspecified atom stereocenters. The summed E-state index contributed by atoms with van der Waals surface area (Å²) >= 11 is 6.26. The maximum atomic E-state index is 13.2. The Morgan fingerprint density at radius 1 is 1.10 bits per heavy atom. The average Bonchev–Trinajstić information content (AvgIpc) is 3.24. The predicted octanol–water partition coefficient (Wildman–Crippen LogP) is 4.13. The lowest BCUT2D eigenvalue weighted by Gasteiger charge is -2.21. The van der Waals surface area contributed by atoms with Gasteiger partial charge in [-0.2, -0.15) is 0 Å². The van der Waals surface area contributed by atoms with Gasteiger partial charge in [0.2, 0.25) is 5.91 Å². The van der Waals surface area contributed by atoms with E-state index < -0.39 is 5.92 Å². The van der Waals surface area contributed by atoms with Crippen molar-refractivity contribution in [1.29, 1.82) is 0 Å². The van der Waals surface area contributed by atoms with E-state index in [9.17, 15) is 9.59 Å². The number of halogens is 1. The van der Waals surface area contributed by atoms with Gasteiger partial charge in [0, 0.05) is 31.1 Å². The number of para-hydroxylation sites is 1. The van der Waals surface area contributed by atoms with Crippen LogP contribution in [0.2, 0.25) is 5.02 Å². The van der Waals surface area contributed by atoms with Gasteiger partial charge in [-0.1, -0.05) is 49.2 Å². The number of unbranched alkanes of at least 4 members (excludes halogenated alkanes) is 1. The van der Waals surface area contributed by atoms with Crippen LogP contribution in [-0.4, -0.2) is 50.6 Å². The molecule has 166 valence electrons. The zero-order valence-corrected chi connectivity index (χ0v) is 18.9. The number of carbonyl (C=O) groups is 2. The van der Waals surface area contributed by atoms with Crippen LogP contribution in [0, 0.1) is 5.92 Å². The molecule has 2 atom stereocenters. The Labute approximate surface area is 188 Å². The molecule has 1 saturated heterocycles. The number of amides is 2. The van der Waals surface area contributed by atoms with Crippen LogP contribution in [0.3, 0.4) is 0 Å². The van der Waals surface area contributed by atoms with Crippen molar-refractivity contribution in [2.75, 3.05) is 33.9 Å². The molecule has 1 N–H and O–H groups in total. The molecule has 1 fully saturated rings. The lowest BCUT2D eigenvalue weighted by molar-refractivity contribution is -0.124. The van der Waals surface area contributed by atoms with Crippen molar-refractivity contribution in [3.8, 4) is 11.5 Å². The second-order valence-electron chi connectivity index (χ2n) is 7.63. The van der Waals surface area contributed by atoms with Crippen LogP contribution >= 0.6 is 11.6 Å². The molecule has 0 saturated carbocycles. The van der Waals surface area contributed by atoms with Gasteiger partial charge in [0.15, 0.2) is 11.5 Å². The number of rotatable bonds is 8. The largest absolute Gasteiger partial charge is 0.493 e. The molecule has 1 heterocycles. The van der Waals surface area contributed by atoms with Crippen molar-refractivity contribution < 1.29 is 19.1 Å². The fourth-order valence-corrected chi connectivity index (χ4v) is 4.30. The number of carbonyl (C=O) groups excluding carboxylic acids is 2. The van der Waals surface area contributed by atoms with Gasteiger partial charge in [-0.05, 0) is 24.6 Å². The van der Waals surface area contributed by atoms with E-state index in [1.54, 1.807) is 43.4 Å². The van der Waals surface area contributed by atoms with Crippen molar-refractivity contribution in [1.82, 2.24) is 10.2 Å². The van der Waals surface area contributed by atoms with Crippen LogP contribution in [0.4, 0.5) is 0 Å². The first-order chi connectivity index (χ1) is 15.0. The van der Waals surface area contributed by atoms with E-state index in [0.717, 1.165) is 18.4 Å². The molecule has 3 rings (SSSR count). The van der Waals surface area contributed by atoms with Crippen molar-refractivity contribution in [2.45, 2.75) is 25.7 Å². The highest BCUT2D eigenvalue weighted by molar-refractivity contribution is 6.33. The van der Waals surface area contributed by atoms with E-state index in [-0.39, 0.29) is 17.7 Å². The summed E-state index contributed by atoms with van der Waals surface area (Å²) in [5, 5.41) is 3.43. The van der Waals surface area contributed by atoms with Crippen molar-refractivity contribution in [3.05, 3.63) is 58.6 Å². The molecule has 0 spiro atoms. The number of nitrogens with zero attached hydrogens (tertiary/aromatic N) is 1. The maximum Gasteiger partial charge on any atom is 0.255 e. The molecule has 1 aliphatic rings. The van der Waals surface area contributed by atoms with Crippen molar-refractivity contribution >= 4 is 23.4 Å². The molecular weight excluding hydrogens is 416 g/mol. The molecule has 31 heavy (non-hydrogen) atoms. The van der Waals surface area contributed by atoms with E-state index in [4.69, 9.17) is 21.1 Å². The third-order valence-corrected chi connectivity index (χ3v) is 6.04. The van der Waals surface area contributed by atoms with Crippen molar-refractivity contribution in [3.63, 3.8) is 0 Å². The summed E-state index contributed by atoms with van der Waals surface area (Å²) in [4.78, 5) is 28.0. The highest BCUT2D eigenvalue weighted by Gasteiger charge is 2.42. The molecule has 1 aliphatic heterocycles. The van der Waals surface area contributed by atoms with Gasteiger partial charge in [-0.3, -0.25) is 9.59 Å². The van der Waals surface area contributed by atoms with Crippen molar-refractivity contribution in [2.24, 2.45) is 5.92 Å². The Morgan fingerprint density at radius 3 is 2.55 bits per heavy atom. The normalized spacial score (nSPS) is 18.0. The molecule has 0 aliphatic carbocycles. The zero-order valence-electron chi connectivity index (χ0n) is 18.2. The topological polar surface area (TPSA) is 67.9 Å². The fraction of sp³-hybridized carbons (Fsp3) is 0.417. The van der Waals surface area contributed by atoms with Crippen LogP contribution in [0.5, 0.6) is 11.5 Å². The van der Waals surface area contributed by atoms with Crippen LogP contribution in [0.15, 0.2) is 42.5 Å². The number of nitrogens with one attached hydrogen (secondary N) is 1. The fourth-order valence-electron chi connectivity index (χ4n) is 4.08. The Hall–Kier alpha value is -2.73. The number of ether oxygens (including phenoxy) is 2. The SMILES string of the molecule is CCCCNC(=O)[C@H]1CN(C(=O)c2ccccc2Cl)C[C@H]1c1cccc(OC)c1OC. The van der Waals surface area contributed by atoms with Gasteiger partial charge >= 0.3 is 0 Å². The molecule has 0 bridgehead atoms. The smallest absolute Gasteiger partial charge is 0.255 e. The van der Waals surface area contributed by atoms with E-state index in [2.05, 4.69) is 12.2 Å². The predicted molar refractivity (Wildman–Crippen MR) is 121 cm³/mol. The Balaban J connectivity index is 1.94. The molecule has 6 nitrogen and oxygen atoms in total. The van der Waals surface area contributed by atoms with E-state index in [1.807, 2.05) is 18.2 Å². The number of methoxy groups -OCH3 is 2. The first-order valence-electron chi connectivity index (χ1n) is 10.5. The number of hydrogen-bond donors (Lipinski definition) is 1. The Bertz CT molecular complexity index is 934. The van der Waals surface area contributed by atoms with Gasteiger partial charge in [0.1, 0.15) is 0 Å². The second kappa shape index (κ2) is 10.5.